The largest absolute Gasteiger partial charge is 0.497 e. The molecule has 7 nitrogen and oxygen atoms in total. The van der Waals surface area contributed by atoms with Gasteiger partial charge in [0.15, 0.2) is 0 Å². The number of carbonyl (C=O) groups is 3. The van der Waals surface area contributed by atoms with Crippen molar-refractivity contribution in [3.63, 3.8) is 0 Å². The lowest BCUT2D eigenvalue weighted by molar-refractivity contribution is -0.151. The number of carboxylic acid groups (broad SMARTS) is 1. The van der Waals surface area contributed by atoms with Crippen LogP contribution in [0.2, 0.25) is 0 Å². The number of amides is 2. The summed E-state index contributed by atoms with van der Waals surface area (Å²) in [6, 6.07) is 7.51. The zero-order valence-corrected chi connectivity index (χ0v) is 15.3. The average Bonchev–Trinajstić information content (AvgIpc) is 3.19. The van der Waals surface area contributed by atoms with Crippen LogP contribution in [0, 0.1) is 5.41 Å². The van der Waals surface area contributed by atoms with Crippen molar-refractivity contribution in [1.29, 1.82) is 0 Å². The van der Waals surface area contributed by atoms with Crippen LogP contribution in [0.4, 0.5) is 0 Å². The van der Waals surface area contributed by atoms with Crippen LogP contribution in [0.3, 0.4) is 0 Å². The first-order chi connectivity index (χ1) is 12.2. The minimum atomic E-state index is -1.05. The number of benzene rings is 1. The van der Waals surface area contributed by atoms with Crippen molar-refractivity contribution in [2.45, 2.75) is 25.7 Å². The molecule has 1 atom stereocenters. The van der Waals surface area contributed by atoms with Crippen molar-refractivity contribution in [3.05, 3.63) is 29.8 Å². The summed E-state index contributed by atoms with van der Waals surface area (Å²) < 4.78 is 5.20. The molecule has 0 spiro atoms. The second-order valence-corrected chi connectivity index (χ2v) is 7.63. The Bertz CT molecular complexity index is 743. The highest BCUT2D eigenvalue weighted by Gasteiger charge is 2.68. The predicted molar refractivity (Wildman–Crippen MR) is 93.9 cm³/mol. The van der Waals surface area contributed by atoms with Crippen LogP contribution in [0.1, 0.15) is 25.8 Å². The third-order valence-corrected chi connectivity index (χ3v) is 5.62. The molecule has 7 heteroatoms. The molecule has 1 N–H and O–H groups in total. The molecule has 1 saturated heterocycles. The van der Waals surface area contributed by atoms with E-state index in [1.165, 1.54) is 4.90 Å². The zero-order chi connectivity index (χ0) is 19.1. The second-order valence-electron chi connectivity index (χ2n) is 7.63. The number of aliphatic carboxylic acids is 1. The van der Waals surface area contributed by atoms with Gasteiger partial charge in [-0.3, -0.25) is 14.4 Å². The monoisotopic (exact) mass is 360 g/mol. The Morgan fingerprint density at radius 3 is 2.27 bits per heavy atom. The van der Waals surface area contributed by atoms with Crippen LogP contribution in [0.5, 0.6) is 5.75 Å². The van der Waals surface area contributed by atoms with Gasteiger partial charge in [-0.15, -0.1) is 0 Å². The fraction of sp³-hybridized carbons (Fsp3) is 0.526. The number of carbonyl (C=O) groups excluding carboxylic acids is 2. The molecule has 140 valence electrons. The summed E-state index contributed by atoms with van der Waals surface area (Å²) in [4.78, 5) is 39.2. The molecule has 1 aromatic rings. The summed E-state index contributed by atoms with van der Waals surface area (Å²) in [5.41, 5.74) is 0.0859. The molecule has 2 aliphatic rings. The molecular formula is C19H24N2O5. The van der Waals surface area contributed by atoms with E-state index in [4.69, 9.17) is 9.84 Å². The maximum atomic E-state index is 13.3. The summed E-state index contributed by atoms with van der Waals surface area (Å²) in [7, 11) is 1.60. The summed E-state index contributed by atoms with van der Waals surface area (Å²) in [5, 5.41) is 8.87. The van der Waals surface area contributed by atoms with Gasteiger partial charge in [0.1, 0.15) is 12.3 Å². The van der Waals surface area contributed by atoms with E-state index in [9.17, 15) is 14.4 Å². The number of methoxy groups -OCH3 is 1. The van der Waals surface area contributed by atoms with Gasteiger partial charge < -0.3 is 19.6 Å². The average molecular weight is 360 g/mol. The lowest BCUT2D eigenvalue weighted by Gasteiger charge is -2.36. The molecule has 0 aromatic heterocycles. The maximum absolute atomic E-state index is 13.3. The molecule has 0 bridgehead atoms. The molecule has 3 rings (SSSR count). The minimum absolute atomic E-state index is 0.0593. The topological polar surface area (TPSA) is 87.2 Å². The lowest BCUT2D eigenvalue weighted by Crippen LogP contribution is -2.55. The van der Waals surface area contributed by atoms with E-state index >= 15 is 0 Å². The Morgan fingerprint density at radius 1 is 1.19 bits per heavy atom. The number of hydrogen-bond donors (Lipinski definition) is 1. The van der Waals surface area contributed by atoms with Crippen LogP contribution in [0.25, 0.3) is 0 Å². The molecule has 1 aliphatic carbocycles. The number of carboxylic acids is 1. The first-order valence-electron chi connectivity index (χ1n) is 8.65. The molecule has 2 amide bonds. The summed E-state index contributed by atoms with van der Waals surface area (Å²) >= 11 is 0. The molecule has 2 fully saturated rings. The van der Waals surface area contributed by atoms with E-state index in [1.807, 2.05) is 24.3 Å². The Morgan fingerprint density at radius 2 is 1.81 bits per heavy atom. The van der Waals surface area contributed by atoms with Crippen LogP contribution in [0.15, 0.2) is 24.3 Å². The van der Waals surface area contributed by atoms with E-state index in [0.717, 1.165) is 11.3 Å². The highest BCUT2D eigenvalue weighted by molar-refractivity contribution is 5.96. The Kier molecular flexibility index (Phi) is 4.42. The van der Waals surface area contributed by atoms with E-state index in [1.54, 1.807) is 12.0 Å². The molecule has 1 heterocycles. The van der Waals surface area contributed by atoms with E-state index in [0.29, 0.717) is 13.0 Å². The number of ether oxygens (including phenoxy) is 1. The molecule has 1 saturated carbocycles. The van der Waals surface area contributed by atoms with Crippen molar-refractivity contribution in [2.24, 2.45) is 5.41 Å². The van der Waals surface area contributed by atoms with Crippen molar-refractivity contribution in [1.82, 2.24) is 9.80 Å². The second kappa shape index (κ2) is 6.30. The molecular weight excluding hydrogens is 336 g/mol. The molecule has 1 aromatic carbocycles. The SMILES string of the molecule is COc1ccc([C@@]2(C(=O)N3CCN(CC(=O)O)C(=O)C3)CC2(C)C)cc1. The Hall–Kier alpha value is -2.57. The standard InChI is InChI=1S/C19H24N2O5/c1-18(2)12-19(18,13-4-6-14(26-3)7-5-13)17(25)21-9-8-20(11-16(23)24)15(22)10-21/h4-7H,8-12H2,1-3H3,(H,23,24)/t19-/m1/s1. The number of nitrogens with zero attached hydrogens (tertiary/aromatic N) is 2. The van der Waals surface area contributed by atoms with Gasteiger partial charge in [0.2, 0.25) is 11.8 Å². The van der Waals surface area contributed by atoms with Crippen molar-refractivity contribution in [2.75, 3.05) is 33.3 Å². The first-order valence-corrected chi connectivity index (χ1v) is 8.65. The van der Waals surface area contributed by atoms with Gasteiger partial charge in [0, 0.05) is 13.1 Å². The van der Waals surface area contributed by atoms with Crippen molar-refractivity contribution in [3.8, 4) is 5.75 Å². The van der Waals surface area contributed by atoms with Crippen LogP contribution in [-0.4, -0.2) is 66.0 Å². The summed E-state index contributed by atoms with van der Waals surface area (Å²) in [6.07, 6.45) is 0.717. The molecule has 26 heavy (non-hydrogen) atoms. The first kappa shape index (κ1) is 18.2. The highest BCUT2D eigenvalue weighted by Crippen LogP contribution is 2.65. The fourth-order valence-electron chi connectivity index (χ4n) is 3.96. The predicted octanol–water partition coefficient (Wildman–Crippen LogP) is 1.12. The van der Waals surface area contributed by atoms with E-state index < -0.39 is 11.4 Å². The van der Waals surface area contributed by atoms with E-state index in [-0.39, 0.29) is 36.9 Å². The van der Waals surface area contributed by atoms with Gasteiger partial charge in [-0.1, -0.05) is 26.0 Å². The normalized spacial score (nSPS) is 24.3. The minimum Gasteiger partial charge on any atom is -0.497 e. The highest BCUT2D eigenvalue weighted by atomic mass is 16.5. The zero-order valence-electron chi connectivity index (χ0n) is 15.3. The van der Waals surface area contributed by atoms with Gasteiger partial charge in [-0.25, -0.2) is 0 Å². The third kappa shape index (κ3) is 2.91. The van der Waals surface area contributed by atoms with E-state index in [2.05, 4.69) is 13.8 Å². The summed E-state index contributed by atoms with van der Waals surface area (Å²) in [6.45, 7) is 4.31. The smallest absolute Gasteiger partial charge is 0.323 e. The number of hydrogen-bond acceptors (Lipinski definition) is 4. The number of piperazine rings is 1. The van der Waals surface area contributed by atoms with Gasteiger partial charge in [-0.05, 0) is 29.5 Å². The molecule has 0 radical (unpaired) electrons. The molecule has 1 aliphatic heterocycles. The van der Waals surface area contributed by atoms with Crippen LogP contribution < -0.4 is 4.74 Å². The van der Waals surface area contributed by atoms with Gasteiger partial charge >= 0.3 is 5.97 Å². The molecule has 0 unspecified atom stereocenters. The maximum Gasteiger partial charge on any atom is 0.323 e. The van der Waals surface area contributed by atoms with Gasteiger partial charge in [0.25, 0.3) is 0 Å². The number of rotatable bonds is 5. The Balaban J connectivity index is 1.80. The van der Waals surface area contributed by atoms with Gasteiger partial charge in [0.05, 0.1) is 19.1 Å². The van der Waals surface area contributed by atoms with Crippen LogP contribution >= 0.6 is 0 Å². The lowest BCUT2D eigenvalue weighted by atomic mass is 9.86. The summed E-state index contributed by atoms with van der Waals surface area (Å²) in [5.74, 6) is -0.699. The van der Waals surface area contributed by atoms with Crippen LogP contribution in [-0.2, 0) is 19.8 Å². The quantitative estimate of drug-likeness (QED) is 0.850. The fourth-order valence-corrected chi connectivity index (χ4v) is 3.96. The van der Waals surface area contributed by atoms with Crippen molar-refractivity contribution < 1.29 is 24.2 Å². The Labute approximate surface area is 152 Å². The third-order valence-electron chi connectivity index (χ3n) is 5.62. The van der Waals surface area contributed by atoms with Gasteiger partial charge in [-0.2, -0.15) is 0 Å². The van der Waals surface area contributed by atoms with Crippen molar-refractivity contribution >= 4 is 17.8 Å².